The van der Waals surface area contributed by atoms with Gasteiger partial charge in [0.05, 0.1) is 16.6 Å². The zero-order chi connectivity index (χ0) is 19.3. The standard InChI is InChI=1S/C22H17N5O/c1-16-23-20-15-9-8-14-19(20)22(28)27(16)26-21(17-10-4-2-5-11-17)25-24-18-12-6-3-7-13-18/h2-15H,1H3/b25-24?,26-21+. The molecule has 4 aromatic rings. The van der Waals surface area contributed by atoms with Crippen molar-refractivity contribution in [2.75, 3.05) is 0 Å². The summed E-state index contributed by atoms with van der Waals surface area (Å²) in [5, 5.41) is 13.6. The molecule has 1 heterocycles. The van der Waals surface area contributed by atoms with Gasteiger partial charge < -0.3 is 0 Å². The van der Waals surface area contributed by atoms with Gasteiger partial charge in [0.2, 0.25) is 5.84 Å². The molecule has 0 radical (unpaired) electrons. The minimum absolute atomic E-state index is 0.244. The number of hydrogen-bond acceptors (Lipinski definition) is 4. The van der Waals surface area contributed by atoms with E-state index in [1.165, 1.54) is 4.68 Å². The van der Waals surface area contributed by atoms with Crippen LogP contribution in [-0.4, -0.2) is 15.5 Å². The molecule has 6 nitrogen and oxygen atoms in total. The summed E-state index contributed by atoms with van der Waals surface area (Å²) in [4.78, 5) is 17.4. The van der Waals surface area contributed by atoms with E-state index in [9.17, 15) is 4.79 Å². The zero-order valence-electron chi connectivity index (χ0n) is 15.2. The molecular formula is C22H17N5O. The van der Waals surface area contributed by atoms with Crippen LogP contribution in [0.3, 0.4) is 0 Å². The summed E-state index contributed by atoms with van der Waals surface area (Å²) in [6.45, 7) is 1.74. The Morgan fingerprint density at radius 1 is 0.857 bits per heavy atom. The highest BCUT2D eigenvalue weighted by Crippen LogP contribution is 2.13. The molecule has 0 aliphatic carbocycles. The third kappa shape index (κ3) is 3.61. The van der Waals surface area contributed by atoms with E-state index in [1.807, 2.05) is 78.9 Å². The lowest BCUT2D eigenvalue weighted by Crippen LogP contribution is -2.22. The van der Waals surface area contributed by atoms with Crippen molar-refractivity contribution in [3.63, 3.8) is 0 Å². The van der Waals surface area contributed by atoms with E-state index >= 15 is 0 Å². The first kappa shape index (κ1) is 17.5. The van der Waals surface area contributed by atoms with Crippen molar-refractivity contribution in [2.45, 2.75) is 6.92 Å². The third-order valence-electron chi connectivity index (χ3n) is 4.16. The van der Waals surface area contributed by atoms with E-state index in [0.29, 0.717) is 28.3 Å². The summed E-state index contributed by atoms with van der Waals surface area (Å²) in [6, 6.07) is 26.0. The Bertz CT molecular complexity index is 1230. The second-order valence-corrected chi connectivity index (χ2v) is 6.12. The van der Waals surface area contributed by atoms with Crippen LogP contribution < -0.4 is 5.56 Å². The molecule has 0 atom stereocenters. The number of nitrogens with zero attached hydrogens (tertiary/aromatic N) is 5. The lowest BCUT2D eigenvalue weighted by molar-refractivity contribution is 0.764. The van der Waals surface area contributed by atoms with Crippen LogP contribution >= 0.6 is 0 Å². The molecule has 0 unspecified atom stereocenters. The van der Waals surface area contributed by atoms with Crippen molar-refractivity contribution < 1.29 is 0 Å². The maximum absolute atomic E-state index is 12.9. The van der Waals surface area contributed by atoms with E-state index in [0.717, 1.165) is 5.56 Å². The Labute approximate surface area is 161 Å². The summed E-state index contributed by atoms with van der Waals surface area (Å²) in [7, 11) is 0. The molecule has 0 fully saturated rings. The lowest BCUT2D eigenvalue weighted by atomic mass is 10.2. The van der Waals surface area contributed by atoms with Crippen LogP contribution in [0, 0.1) is 6.92 Å². The van der Waals surface area contributed by atoms with Gasteiger partial charge in [0, 0.05) is 5.56 Å². The van der Waals surface area contributed by atoms with Gasteiger partial charge in [-0.2, -0.15) is 4.68 Å². The van der Waals surface area contributed by atoms with Crippen molar-refractivity contribution in [1.82, 2.24) is 9.66 Å². The molecule has 0 aliphatic heterocycles. The van der Waals surface area contributed by atoms with Crippen LogP contribution in [0.1, 0.15) is 11.4 Å². The number of para-hydroxylation sites is 1. The zero-order valence-corrected chi connectivity index (χ0v) is 15.2. The van der Waals surface area contributed by atoms with Crippen molar-refractivity contribution >= 4 is 22.4 Å². The minimum atomic E-state index is -0.244. The van der Waals surface area contributed by atoms with Gasteiger partial charge >= 0.3 is 0 Å². The first-order chi connectivity index (χ1) is 13.7. The number of fused-ring (bicyclic) bond motifs is 1. The molecule has 1 aromatic heterocycles. The summed E-state index contributed by atoms with van der Waals surface area (Å²) in [6.07, 6.45) is 0. The normalized spacial score (nSPS) is 12.0. The lowest BCUT2D eigenvalue weighted by Gasteiger charge is -2.07. The number of aromatic nitrogens is 2. The molecule has 0 bridgehead atoms. The monoisotopic (exact) mass is 367 g/mol. The largest absolute Gasteiger partial charge is 0.282 e. The Kier molecular flexibility index (Phi) is 4.84. The molecule has 6 heteroatoms. The first-order valence-electron chi connectivity index (χ1n) is 8.82. The molecule has 0 amide bonds. The van der Waals surface area contributed by atoms with Gasteiger partial charge in [0.1, 0.15) is 5.82 Å². The number of benzene rings is 3. The number of azo groups is 1. The van der Waals surface area contributed by atoms with Gasteiger partial charge in [0.25, 0.3) is 5.56 Å². The SMILES string of the molecule is Cc1nc2ccccc2c(=O)n1/N=C(/N=Nc1ccccc1)c1ccccc1. The molecular weight excluding hydrogens is 350 g/mol. The van der Waals surface area contributed by atoms with Gasteiger partial charge in [-0.05, 0) is 31.2 Å². The van der Waals surface area contributed by atoms with Crippen LogP contribution in [-0.2, 0) is 0 Å². The predicted molar refractivity (Wildman–Crippen MR) is 110 cm³/mol. The first-order valence-corrected chi connectivity index (χ1v) is 8.82. The maximum Gasteiger partial charge on any atom is 0.282 e. The Morgan fingerprint density at radius 2 is 1.50 bits per heavy atom. The average Bonchev–Trinajstić information content (AvgIpc) is 2.74. The fraction of sp³-hybridized carbons (Fsp3) is 0.0455. The van der Waals surface area contributed by atoms with Crippen molar-refractivity contribution in [2.24, 2.45) is 15.3 Å². The number of rotatable bonds is 3. The van der Waals surface area contributed by atoms with E-state index in [4.69, 9.17) is 0 Å². The van der Waals surface area contributed by atoms with E-state index in [1.54, 1.807) is 13.0 Å². The Hall–Kier alpha value is -3.93. The number of amidine groups is 1. The van der Waals surface area contributed by atoms with Crippen molar-refractivity contribution in [3.05, 3.63) is 107 Å². The highest BCUT2D eigenvalue weighted by atomic mass is 16.1. The summed E-state index contributed by atoms with van der Waals surface area (Å²) >= 11 is 0. The molecule has 0 saturated carbocycles. The smallest absolute Gasteiger partial charge is 0.267 e. The van der Waals surface area contributed by atoms with Crippen LogP contribution in [0.4, 0.5) is 5.69 Å². The molecule has 0 N–H and O–H groups in total. The van der Waals surface area contributed by atoms with Gasteiger partial charge in [-0.25, -0.2) is 4.98 Å². The quantitative estimate of drug-likeness (QED) is 0.299. The van der Waals surface area contributed by atoms with Crippen molar-refractivity contribution in [1.29, 1.82) is 0 Å². The highest BCUT2D eigenvalue weighted by molar-refractivity contribution is 5.99. The molecule has 0 aliphatic rings. The van der Waals surface area contributed by atoms with E-state index in [2.05, 4.69) is 20.3 Å². The number of aryl methyl sites for hydroxylation is 1. The van der Waals surface area contributed by atoms with Crippen molar-refractivity contribution in [3.8, 4) is 0 Å². The fourth-order valence-electron chi connectivity index (χ4n) is 2.77. The van der Waals surface area contributed by atoms with Crippen LogP contribution in [0.5, 0.6) is 0 Å². The predicted octanol–water partition coefficient (Wildman–Crippen LogP) is 4.70. The van der Waals surface area contributed by atoms with E-state index in [-0.39, 0.29) is 5.56 Å². The van der Waals surface area contributed by atoms with Gasteiger partial charge in [-0.1, -0.05) is 60.7 Å². The third-order valence-corrected chi connectivity index (χ3v) is 4.16. The topological polar surface area (TPSA) is 72.0 Å². The highest BCUT2D eigenvalue weighted by Gasteiger charge is 2.10. The van der Waals surface area contributed by atoms with Gasteiger partial charge in [-0.15, -0.1) is 15.3 Å². The molecule has 3 aromatic carbocycles. The van der Waals surface area contributed by atoms with Gasteiger partial charge in [-0.3, -0.25) is 4.79 Å². The second-order valence-electron chi connectivity index (χ2n) is 6.12. The summed E-state index contributed by atoms with van der Waals surface area (Å²) in [5.74, 6) is 0.804. The van der Waals surface area contributed by atoms with Crippen LogP contribution in [0.2, 0.25) is 0 Å². The number of hydrogen-bond donors (Lipinski definition) is 0. The van der Waals surface area contributed by atoms with Gasteiger partial charge in [0.15, 0.2) is 0 Å². The maximum atomic E-state index is 12.9. The molecule has 0 saturated heterocycles. The van der Waals surface area contributed by atoms with Crippen LogP contribution in [0.15, 0.2) is 105 Å². The second kappa shape index (κ2) is 7.75. The molecule has 0 spiro atoms. The average molecular weight is 367 g/mol. The Balaban J connectivity index is 1.87. The fourth-order valence-corrected chi connectivity index (χ4v) is 2.77. The molecule has 4 rings (SSSR count). The molecule has 28 heavy (non-hydrogen) atoms. The van der Waals surface area contributed by atoms with E-state index < -0.39 is 0 Å². The summed E-state index contributed by atoms with van der Waals surface area (Å²) in [5.41, 5.74) is 1.85. The molecule has 136 valence electrons. The summed E-state index contributed by atoms with van der Waals surface area (Å²) < 4.78 is 1.27. The Morgan fingerprint density at radius 3 is 2.25 bits per heavy atom. The van der Waals surface area contributed by atoms with Crippen LogP contribution in [0.25, 0.3) is 10.9 Å². The minimum Gasteiger partial charge on any atom is -0.267 e.